The molecule has 2 aliphatic rings. The molecular weight excluding hydrogens is 374 g/mol. The van der Waals surface area contributed by atoms with Crippen LogP contribution in [0.1, 0.15) is 46.2 Å². The molecule has 0 bridgehead atoms. The van der Waals surface area contributed by atoms with Crippen molar-refractivity contribution in [2.24, 2.45) is 0 Å². The van der Waals surface area contributed by atoms with Crippen LogP contribution in [0.2, 0.25) is 0 Å². The van der Waals surface area contributed by atoms with E-state index in [4.69, 9.17) is 0 Å². The highest BCUT2D eigenvalue weighted by molar-refractivity contribution is 5.81. The second-order valence-electron chi connectivity index (χ2n) is 8.13. The number of carbonyl (C=O) groups is 2. The number of alkyl halides is 2. The number of amides is 2. The van der Waals surface area contributed by atoms with Gasteiger partial charge in [0.1, 0.15) is 0 Å². The highest BCUT2D eigenvalue weighted by atomic mass is 19.3. The molecule has 6 heteroatoms. The topological polar surface area (TPSA) is 40.6 Å². The van der Waals surface area contributed by atoms with Crippen molar-refractivity contribution < 1.29 is 18.4 Å². The summed E-state index contributed by atoms with van der Waals surface area (Å²) in [6.45, 7) is 5.31. The van der Waals surface area contributed by atoms with E-state index in [1.54, 1.807) is 0 Å². The summed E-state index contributed by atoms with van der Waals surface area (Å²) in [6.07, 6.45) is -1.88. The fraction of sp³-hybridized carbons (Fsp3) is 0.391. The van der Waals surface area contributed by atoms with Crippen LogP contribution in [0.5, 0.6) is 0 Å². The van der Waals surface area contributed by atoms with Crippen LogP contribution in [0.3, 0.4) is 0 Å². The molecule has 4 rings (SSSR count). The van der Waals surface area contributed by atoms with Crippen LogP contribution in [0.4, 0.5) is 8.78 Å². The Morgan fingerprint density at radius 1 is 0.793 bits per heavy atom. The Balaban J connectivity index is 1.36. The third-order valence-electron chi connectivity index (χ3n) is 5.96. The minimum Gasteiger partial charge on any atom is -0.334 e. The van der Waals surface area contributed by atoms with Gasteiger partial charge in [0.2, 0.25) is 11.8 Å². The van der Waals surface area contributed by atoms with Crippen LogP contribution in [-0.4, -0.2) is 27.5 Å². The molecule has 2 aliphatic heterocycles. The van der Waals surface area contributed by atoms with Gasteiger partial charge in [0.05, 0.1) is 12.8 Å². The molecule has 29 heavy (non-hydrogen) atoms. The third-order valence-corrected chi connectivity index (χ3v) is 5.96. The van der Waals surface area contributed by atoms with Gasteiger partial charge in [-0.05, 0) is 47.2 Å². The van der Waals surface area contributed by atoms with Gasteiger partial charge >= 0.3 is 0 Å². The molecule has 0 radical (unpaired) electrons. The summed E-state index contributed by atoms with van der Waals surface area (Å²) in [5, 5.41) is 0. The fourth-order valence-electron chi connectivity index (χ4n) is 4.26. The number of hydrogen-bond acceptors (Lipinski definition) is 2. The molecule has 0 N–H and O–H groups in total. The zero-order valence-electron chi connectivity index (χ0n) is 16.7. The summed E-state index contributed by atoms with van der Waals surface area (Å²) in [5.74, 6) is -4.58. The van der Waals surface area contributed by atoms with Crippen molar-refractivity contribution in [1.29, 1.82) is 0 Å². The highest BCUT2D eigenvalue weighted by Gasteiger charge is 2.40. The molecule has 0 aliphatic carbocycles. The van der Waals surface area contributed by atoms with Gasteiger partial charge in [-0.3, -0.25) is 9.59 Å². The molecule has 2 heterocycles. The number of hydrogen-bond donors (Lipinski definition) is 0. The first-order valence-electron chi connectivity index (χ1n) is 9.81. The van der Waals surface area contributed by atoms with Crippen LogP contribution in [0.15, 0.2) is 36.4 Å². The van der Waals surface area contributed by atoms with Gasteiger partial charge in [0.15, 0.2) is 0 Å². The molecule has 0 atom stereocenters. The lowest BCUT2D eigenvalue weighted by molar-refractivity contribution is -0.146. The van der Waals surface area contributed by atoms with Gasteiger partial charge in [-0.2, -0.15) is 0 Å². The molecular formula is C23H24F2N2O2. The second kappa shape index (κ2) is 7.25. The highest BCUT2D eigenvalue weighted by Crippen LogP contribution is 2.32. The molecule has 0 saturated heterocycles. The lowest BCUT2D eigenvalue weighted by atomic mass is 10.1. The van der Waals surface area contributed by atoms with Crippen LogP contribution in [-0.2, 0) is 35.8 Å². The van der Waals surface area contributed by atoms with Gasteiger partial charge < -0.3 is 9.80 Å². The second-order valence-corrected chi connectivity index (χ2v) is 8.13. The first-order valence-corrected chi connectivity index (χ1v) is 9.81. The third kappa shape index (κ3) is 3.88. The van der Waals surface area contributed by atoms with Crippen molar-refractivity contribution in [3.8, 4) is 0 Å². The minimum atomic E-state index is -3.36. The van der Waals surface area contributed by atoms with E-state index in [1.165, 1.54) is 9.80 Å². The Morgan fingerprint density at radius 2 is 1.21 bits per heavy atom. The maximum Gasteiger partial charge on any atom is 0.265 e. The smallest absolute Gasteiger partial charge is 0.265 e. The molecule has 0 saturated carbocycles. The van der Waals surface area contributed by atoms with Crippen molar-refractivity contribution in [2.45, 2.75) is 58.8 Å². The summed E-state index contributed by atoms with van der Waals surface area (Å²) in [6, 6.07) is 11.6. The predicted octanol–water partition coefficient (Wildman–Crippen LogP) is 4.10. The Morgan fingerprint density at radius 3 is 1.59 bits per heavy atom. The van der Waals surface area contributed by atoms with Gasteiger partial charge in [0.25, 0.3) is 5.92 Å². The van der Waals surface area contributed by atoms with Crippen molar-refractivity contribution >= 4 is 11.8 Å². The summed E-state index contributed by atoms with van der Waals surface area (Å²) < 4.78 is 29.1. The van der Waals surface area contributed by atoms with E-state index in [9.17, 15) is 18.4 Å². The predicted molar refractivity (Wildman–Crippen MR) is 105 cm³/mol. The summed E-state index contributed by atoms with van der Waals surface area (Å²) >= 11 is 0. The number of aryl methyl sites for hydroxylation is 2. The van der Waals surface area contributed by atoms with Gasteiger partial charge in [0, 0.05) is 26.2 Å². The van der Waals surface area contributed by atoms with Gasteiger partial charge in [-0.1, -0.05) is 36.4 Å². The number of carbonyl (C=O) groups excluding carboxylic acids is 2. The monoisotopic (exact) mass is 398 g/mol. The molecule has 2 aromatic carbocycles. The molecule has 0 aromatic heterocycles. The zero-order valence-corrected chi connectivity index (χ0v) is 16.7. The first kappa shape index (κ1) is 19.6. The Labute approximate surface area is 169 Å². The standard InChI is InChI=1S/C23H24F2N2O2/c1-15-5-3-7-17-11-26(13-19(15)17)21(28)9-23(24,25)10-22(29)27-12-18-8-4-6-16(2)20(18)14-27/h3-8H,9-14H2,1-2H3. The Bertz CT molecular complexity index is 909. The van der Waals surface area contributed by atoms with Crippen molar-refractivity contribution in [1.82, 2.24) is 9.80 Å². The van der Waals surface area contributed by atoms with Gasteiger partial charge in [-0.25, -0.2) is 8.78 Å². The normalized spacial score (nSPS) is 15.4. The Hall–Kier alpha value is -2.76. The summed E-state index contributed by atoms with van der Waals surface area (Å²) in [5.41, 5.74) is 6.19. The largest absolute Gasteiger partial charge is 0.334 e. The maximum absolute atomic E-state index is 14.6. The summed E-state index contributed by atoms with van der Waals surface area (Å²) in [7, 11) is 0. The number of halogens is 2. The average Bonchev–Trinajstić information content (AvgIpc) is 3.26. The maximum atomic E-state index is 14.6. The number of benzene rings is 2. The van der Waals surface area contributed by atoms with E-state index in [2.05, 4.69) is 0 Å². The number of fused-ring (bicyclic) bond motifs is 2. The van der Waals surface area contributed by atoms with Crippen LogP contribution in [0, 0.1) is 13.8 Å². The van der Waals surface area contributed by atoms with Crippen LogP contribution in [0.25, 0.3) is 0 Å². The zero-order chi connectivity index (χ0) is 20.8. The van der Waals surface area contributed by atoms with Crippen LogP contribution >= 0.6 is 0 Å². The Kier molecular flexibility index (Phi) is 4.89. The average molecular weight is 398 g/mol. The molecule has 0 unspecified atom stereocenters. The van der Waals surface area contributed by atoms with E-state index >= 15 is 0 Å². The SMILES string of the molecule is Cc1cccc2c1CN(C(=O)CC(F)(F)CC(=O)N1Cc3cccc(C)c3C1)C2. The van der Waals surface area contributed by atoms with E-state index in [0.29, 0.717) is 26.2 Å². The van der Waals surface area contributed by atoms with E-state index in [-0.39, 0.29) is 0 Å². The molecule has 0 fully saturated rings. The van der Waals surface area contributed by atoms with Gasteiger partial charge in [-0.15, -0.1) is 0 Å². The lowest BCUT2D eigenvalue weighted by Gasteiger charge is -2.23. The summed E-state index contributed by atoms with van der Waals surface area (Å²) in [4.78, 5) is 27.9. The molecule has 152 valence electrons. The van der Waals surface area contributed by atoms with Crippen molar-refractivity contribution in [3.63, 3.8) is 0 Å². The van der Waals surface area contributed by atoms with Crippen molar-refractivity contribution in [3.05, 3.63) is 69.8 Å². The fourth-order valence-corrected chi connectivity index (χ4v) is 4.26. The van der Waals surface area contributed by atoms with Crippen molar-refractivity contribution in [2.75, 3.05) is 0 Å². The quantitative estimate of drug-likeness (QED) is 0.778. The first-order chi connectivity index (χ1) is 13.7. The molecule has 2 aromatic rings. The number of rotatable bonds is 4. The van der Waals surface area contributed by atoms with E-state index in [0.717, 1.165) is 33.4 Å². The lowest BCUT2D eigenvalue weighted by Crippen LogP contribution is -2.36. The molecule has 0 spiro atoms. The van der Waals surface area contributed by atoms with Crippen LogP contribution < -0.4 is 0 Å². The molecule has 4 nitrogen and oxygen atoms in total. The van der Waals surface area contributed by atoms with E-state index < -0.39 is 30.6 Å². The minimum absolute atomic E-state index is 0.348. The van der Waals surface area contributed by atoms with E-state index in [1.807, 2.05) is 50.2 Å². The number of nitrogens with zero attached hydrogens (tertiary/aromatic N) is 2. The molecule has 2 amide bonds.